The summed E-state index contributed by atoms with van der Waals surface area (Å²) in [5.41, 5.74) is -1.61. The molecule has 2 N–H and O–H groups in total. The van der Waals surface area contributed by atoms with Gasteiger partial charge in [-0.15, -0.1) is 0 Å². The maximum Gasteiger partial charge on any atom is 0.418 e. The van der Waals surface area contributed by atoms with E-state index < -0.39 is 32.3 Å². The third-order valence-electron chi connectivity index (χ3n) is 4.03. The van der Waals surface area contributed by atoms with Crippen molar-refractivity contribution < 1.29 is 26.3 Å². The number of morpholine rings is 1. The number of alkyl halides is 3. The minimum absolute atomic E-state index is 0.0622. The monoisotopic (exact) mass is 352 g/mol. The third-order valence-corrected chi connectivity index (χ3v) is 4.94. The Kier molecular flexibility index (Phi) is 4.67. The van der Waals surface area contributed by atoms with Crippen molar-refractivity contribution in [3.05, 3.63) is 23.8 Å². The number of rotatable bonds is 3. The highest BCUT2D eigenvalue weighted by Crippen LogP contribution is 2.39. The normalized spacial score (nSPS) is 23.1. The fourth-order valence-corrected chi connectivity index (χ4v) is 3.08. The summed E-state index contributed by atoms with van der Waals surface area (Å²) in [5, 5.41) is 4.93. The number of benzene rings is 1. The van der Waals surface area contributed by atoms with Crippen LogP contribution >= 0.6 is 0 Å². The molecule has 0 spiro atoms. The van der Waals surface area contributed by atoms with Gasteiger partial charge in [0, 0.05) is 18.8 Å². The van der Waals surface area contributed by atoms with Gasteiger partial charge in [-0.05, 0) is 31.5 Å². The predicted octanol–water partition coefficient (Wildman–Crippen LogP) is 2.36. The van der Waals surface area contributed by atoms with Crippen molar-refractivity contribution in [2.24, 2.45) is 5.14 Å². The first-order chi connectivity index (χ1) is 10.5. The van der Waals surface area contributed by atoms with Crippen LogP contribution in [0.4, 0.5) is 18.9 Å². The molecule has 9 heteroatoms. The molecule has 0 bridgehead atoms. The van der Waals surface area contributed by atoms with Crippen LogP contribution in [0, 0.1) is 0 Å². The molecule has 1 atom stereocenters. The number of primary sulfonamides is 1. The highest BCUT2D eigenvalue weighted by Gasteiger charge is 2.38. The fourth-order valence-electron chi connectivity index (χ4n) is 2.55. The van der Waals surface area contributed by atoms with Gasteiger partial charge in [0.25, 0.3) is 0 Å². The Balaban J connectivity index is 2.50. The van der Waals surface area contributed by atoms with Gasteiger partial charge < -0.3 is 9.64 Å². The molecule has 130 valence electrons. The first kappa shape index (κ1) is 18.0. The Morgan fingerprint density at radius 3 is 2.57 bits per heavy atom. The number of anilines is 1. The van der Waals surface area contributed by atoms with Gasteiger partial charge in [0.1, 0.15) is 0 Å². The van der Waals surface area contributed by atoms with Crippen LogP contribution in [0.3, 0.4) is 0 Å². The van der Waals surface area contributed by atoms with Crippen LogP contribution in [-0.2, 0) is 20.9 Å². The Morgan fingerprint density at radius 1 is 1.39 bits per heavy atom. The van der Waals surface area contributed by atoms with E-state index in [1.807, 2.05) is 13.8 Å². The van der Waals surface area contributed by atoms with Crippen LogP contribution in [0.1, 0.15) is 25.8 Å². The summed E-state index contributed by atoms with van der Waals surface area (Å²) < 4.78 is 68.3. The molecule has 1 aliphatic heterocycles. The predicted molar refractivity (Wildman–Crippen MR) is 79.7 cm³/mol. The largest absolute Gasteiger partial charge is 0.418 e. The lowest BCUT2D eigenvalue weighted by molar-refractivity contribution is -0.137. The van der Waals surface area contributed by atoms with Crippen molar-refractivity contribution in [3.8, 4) is 0 Å². The summed E-state index contributed by atoms with van der Waals surface area (Å²) in [6.45, 7) is 4.64. The number of nitrogens with zero attached hydrogens (tertiary/aromatic N) is 1. The summed E-state index contributed by atoms with van der Waals surface area (Å²) >= 11 is 0. The van der Waals surface area contributed by atoms with E-state index in [9.17, 15) is 21.6 Å². The Labute approximate surface area is 133 Å². The highest BCUT2D eigenvalue weighted by atomic mass is 32.2. The van der Waals surface area contributed by atoms with Crippen LogP contribution in [0.5, 0.6) is 0 Å². The molecule has 0 saturated carbocycles. The minimum Gasteiger partial charge on any atom is -0.372 e. The summed E-state index contributed by atoms with van der Waals surface area (Å²) in [6, 6.07) is 2.84. The Morgan fingerprint density at radius 2 is 2.04 bits per heavy atom. The molecular formula is C14H19F3N2O3S. The van der Waals surface area contributed by atoms with Crippen molar-refractivity contribution in [2.75, 3.05) is 24.6 Å². The number of hydrogen-bond donors (Lipinski definition) is 1. The van der Waals surface area contributed by atoms with E-state index in [4.69, 9.17) is 9.88 Å². The molecule has 1 aliphatic rings. The second kappa shape index (κ2) is 5.95. The molecule has 1 saturated heterocycles. The second-order valence-corrected chi connectivity index (χ2v) is 7.36. The van der Waals surface area contributed by atoms with Gasteiger partial charge in [-0.25, -0.2) is 13.6 Å². The summed E-state index contributed by atoms with van der Waals surface area (Å²) in [6.07, 6.45) is -4.03. The van der Waals surface area contributed by atoms with Gasteiger partial charge in [-0.3, -0.25) is 0 Å². The lowest BCUT2D eigenvalue weighted by Gasteiger charge is -2.42. The van der Waals surface area contributed by atoms with E-state index in [1.54, 1.807) is 4.90 Å². The molecule has 1 aromatic carbocycles. The molecule has 0 aliphatic carbocycles. The maximum atomic E-state index is 13.4. The molecule has 0 aromatic heterocycles. The number of sulfonamides is 1. The van der Waals surface area contributed by atoms with Crippen molar-refractivity contribution in [1.29, 1.82) is 0 Å². The van der Waals surface area contributed by atoms with E-state index in [0.29, 0.717) is 32.2 Å². The van der Waals surface area contributed by atoms with Crippen molar-refractivity contribution in [3.63, 3.8) is 0 Å². The number of hydrogen-bond acceptors (Lipinski definition) is 4. The molecule has 2 rings (SSSR count). The van der Waals surface area contributed by atoms with Crippen LogP contribution in [0.15, 0.2) is 23.1 Å². The molecular weight excluding hydrogens is 333 g/mol. The zero-order valence-electron chi connectivity index (χ0n) is 12.9. The topological polar surface area (TPSA) is 72.6 Å². The molecule has 0 amide bonds. The van der Waals surface area contributed by atoms with Crippen molar-refractivity contribution in [1.82, 2.24) is 0 Å². The zero-order valence-corrected chi connectivity index (χ0v) is 13.7. The lowest BCUT2D eigenvalue weighted by Crippen LogP contribution is -2.50. The van der Waals surface area contributed by atoms with E-state index in [-0.39, 0.29) is 5.69 Å². The SMILES string of the molecule is CCC1(C)CN(c2ccc(S(N)(=O)=O)cc2C(F)(F)F)CCO1. The molecule has 1 aromatic rings. The summed E-state index contributed by atoms with van der Waals surface area (Å²) in [7, 11) is -4.20. The average molecular weight is 352 g/mol. The molecule has 1 heterocycles. The molecule has 5 nitrogen and oxygen atoms in total. The molecule has 1 fully saturated rings. The minimum atomic E-state index is -4.68. The number of ether oxygens (including phenoxy) is 1. The van der Waals surface area contributed by atoms with Crippen LogP contribution < -0.4 is 10.0 Å². The molecule has 0 radical (unpaired) electrons. The van der Waals surface area contributed by atoms with Crippen molar-refractivity contribution >= 4 is 15.7 Å². The number of halogens is 3. The first-order valence-corrected chi connectivity index (χ1v) is 8.64. The van der Waals surface area contributed by atoms with Gasteiger partial charge in [-0.2, -0.15) is 13.2 Å². The fraction of sp³-hybridized carbons (Fsp3) is 0.571. The summed E-state index contributed by atoms with van der Waals surface area (Å²) in [5.74, 6) is 0. The van der Waals surface area contributed by atoms with E-state index in [0.717, 1.165) is 12.1 Å². The highest BCUT2D eigenvalue weighted by molar-refractivity contribution is 7.89. The third kappa shape index (κ3) is 3.96. The van der Waals surface area contributed by atoms with Crippen LogP contribution in [-0.4, -0.2) is 33.7 Å². The smallest absolute Gasteiger partial charge is 0.372 e. The second-order valence-electron chi connectivity index (χ2n) is 5.80. The quantitative estimate of drug-likeness (QED) is 0.906. The zero-order chi connectivity index (χ0) is 17.5. The van der Waals surface area contributed by atoms with Gasteiger partial charge in [0.2, 0.25) is 10.0 Å². The summed E-state index contributed by atoms with van der Waals surface area (Å²) in [4.78, 5) is 1.02. The van der Waals surface area contributed by atoms with Gasteiger partial charge in [0.05, 0.1) is 22.7 Å². The van der Waals surface area contributed by atoms with E-state index in [2.05, 4.69) is 0 Å². The van der Waals surface area contributed by atoms with Gasteiger partial charge in [-0.1, -0.05) is 6.92 Å². The van der Waals surface area contributed by atoms with Crippen LogP contribution in [0.25, 0.3) is 0 Å². The Hall–Kier alpha value is -1.32. The molecule has 1 unspecified atom stereocenters. The van der Waals surface area contributed by atoms with Crippen molar-refractivity contribution in [2.45, 2.75) is 36.9 Å². The maximum absolute atomic E-state index is 13.4. The lowest BCUT2D eigenvalue weighted by atomic mass is 9.99. The van der Waals surface area contributed by atoms with Crippen LogP contribution in [0.2, 0.25) is 0 Å². The van der Waals surface area contributed by atoms with E-state index in [1.165, 1.54) is 0 Å². The Bertz CT molecular complexity index is 691. The molecule has 23 heavy (non-hydrogen) atoms. The standard InChI is InChI=1S/C14H19F3N2O3S/c1-3-13(2)9-19(6-7-22-13)12-5-4-10(23(18,20)21)8-11(12)14(15,16)17/h4-5,8H,3,6-7,9H2,1-2H3,(H2,18,20,21). The van der Waals surface area contributed by atoms with E-state index >= 15 is 0 Å². The first-order valence-electron chi connectivity index (χ1n) is 7.09. The average Bonchev–Trinajstić information content (AvgIpc) is 2.45. The number of nitrogens with two attached hydrogens (primary N) is 1. The van der Waals surface area contributed by atoms with Gasteiger partial charge in [0.15, 0.2) is 0 Å². The van der Waals surface area contributed by atoms with Gasteiger partial charge >= 0.3 is 6.18 Å².